The van der Waals surface area contributed by atoms with Crippen LogP contribution in [-0.4, -0.2) is 17.0 Å². The van der Waals surface area contributed by atoms with Crippen LogP contribution in [0, 0.1) is 11.6 Å². The number of benzene rings is 1. The van der Waals surface area contributed by atoms with Crippen LogP contribution in [0.5, 0.6) is 0 Å². The van der Waals surface area contributed by atoms with E-state index >= 15 is 0 Å². The van der Waals surface area contributed by atoms with Gasteiger partial charge >= 0.3 is 0 Å². The predicted molar refractivity (Wildman–Crippen MR) is 65.6 cm³/mol. The van der Waals surface area contributed by atoms with Crippen LogP contribution in [0.4, 0.5) is 8.78 Å². The second-order valence-electron chi connectivity index (χ2n) is 4.08. The average Bonchev–Trinajstić information content (AvgIpc) is 2.19. The quantitative estimate of drug-likeness (QED) is 0.863. The highest BCUT2D eigenvalue weighted by molar-refractivity contribution is 7.99. The van der Waals surface area contributed by atoms with Gasteiger partial charge in [0.15, 0.2) is 0 Å². The fourth-order valence-corrected chi connectivity index (χ4v) is 2.09. The van der Waals surface area contributed by atoms with Gasteiger partial charge in [-0.05, 0) is 23.3 Å². The van der Waals surface area contributed by atoms with Crippen molar-refractivity contribution in [2.45, 2.75) is 31.6 Å². The van der Waals surface area contributed by atoms with E-state index in [0.717, 1.165) is 11.8 Å². The van der Waals surface area contributed by atoms with Gasteiger partial charge in [0, 0.05) is 17.9 Å². The van der Waals surface area contributed by atoms with Gasteiger partial charge in [0.2, 0.25) is 0 Å². The van der Waals surface area contributed by atoms with E-state index in [1.165, 1.54) is 12.1 Å². The summed E-state index contributed by atoms with van der Waals surface area (Å²) in [6.45, 7) is 4.19. The minimum Gasteiger partial charge on any atom is -0.327 e. The molecular formula is C12H17F2NS. The molecule has 0 aromatic heterocycles. The molecule has 0 aliphatic carbocycles. The number of nitrogens with two attached hydrogens (primary N) is 1. The topological polar surface area (TPSA) is 26.0 Å². The monoisotopic (exact) mass is 245 g/mol. The van der Waals surface area contributed by atoms with Gasteiger partial charge in [-0.25, -0.2) is 8.78 Å². The summed E-state index contributed by atoms with van der Waals surface area (Å²) >= 11 is 1.75. The first-order valence-corrected chi connectivity index (χ1v) is 6.35. The molecule has 0 fully saturated rings. The van der Waals surface area contributed by atoms with Crippen LogP contribution in [0.25, 0.3) is 0 Å². The van der Waals surface area contributed by atoms with E-state index in [2.05, 4.69) is 13.8 Å². The summed E-state index contributed by atoms with van der Waals surface area (Å²) in [7, 11) is 0. The van der Waals surface area contributed by atoms with Crippen LogP contribution in [0.1, 0.15) is 19.4 Å². The Morgan fingerprint density at radius 1 is 1.31 bits per heavy atom. The lowest BCUT2D eigenvalue weighted by atomic mass is 10.1. The van der Waals surface area contributed by atoms with Crippen molar-refractivity contribution in [2.24, 2.45) is 5.73 Å². The SMILES string of the molecule is CC(C)SCC(N)Cc1ccc(F)cc1F. The van der Waals surface area contributed by atoms with Crippen LogP contribution in [0.2, 0.25) is 0 Å². The number of halogens is 2. The van der Waals surface area contributed by atoms with Gasteiger partial charge in [-0.3, -0.25) is 0 Å². The van der Waals surface area contributed by atoms with Crippen LogP contribution in [0.3, 0.4) is 0 Å². The summed E-state index contributed by atoms with van der Waals surface area (Å²) in [5.74, 6) is -0.273. The molecule has 1 unspecified atom stereocenters. The minimum atomic E-state index is -0.550. The molecule has 0 radical (unpaired) electrons. The minimum absolute atomic E-state index is 0.0904. The number of rotatable bonds is 5. The molecule has 0 aliphatic heterocycles. The van der Waals surface area contributed by atoms with Crippen LogP contribution < -0.4 is 5.73 Å². The fraction of sp³-hybridized carbons (Fsp3) is 0.500. The lowest BCUT2D eigenvalue weighted by Crippen LogP contribution is -2.26. The van der Waals surface area contributed by atoms with Gasteiger partial charge in [0.05, 0.1) is 0 Å². The molecule has 1 atom stereocenters. The van der Waals surface area contributed by atoms with Crippen molar-refractivity contribution in [3.05, 3.63) is 35.4 Å². The maximum Gasteiger partial charge on any atom is 0.129 e. The molecule has 90 valence electrons. The van der Waals surface area contributed by atoms with E-state index in [4.69, 9.17) is 5.73 Å². The molecule has 1 aromatic carbocycles. The highest BCUT2D eigenvalue weighted by Crippen LogP contribution is 2.15. The van der Waals surface area contributed by atoms with E-state index < -0.39 is 11.6 Å². The molecule has 0 spiro atoms. The van der Waals surface area contributed by atoms with E-state index in [-0.39, 0.29) is 6.04 Å². The van der Waals surface area contributed by atoms with E-state index in [1.54, 1.807) is 11.8 Å². The number of hydrogen-bond donors (Lipinski definition) is 1. The molecule has 16 heavy (non-hydrogen) atoms. The summed E-state index contributed by atoms with van der Waals surface area (Å²) in [4.78, 5) is 0. The van der Waals surface area contributed by atoms with Crippen LogP contribution in [-0.2, 0) is 6.42 Å². The van der Waals surface area contributed by atoms with Crippen LogP contribution >= 0.6 is 11.8 Å². The number of thioether (sulfide) groups is 1. The Kier molecular flexibility index (Phi) is 5.22. The lowest BCUT2D eigenvalue weighted by Gasteiger charge is -2.13. The highest BCUT2D eigenvalue weighted by Gasteiger charge is 2.10. The van der Waals surface area contributed by atoms with Gasteiger partial charge < -0.3 is 5.73 Å². The normalized spacial score (nSPS) is 13.1. The van der Waals surface area contributed by atoms with E-state index in [1.807, 2.05) is 0 Å². The molecule has 0 saturated carbocycles. The largest absolute Gasteiger partial charge is 0.327 e. The van der Waals surface area contributed by atoms with E-state index in [0.29, 0.717) is 17.2 Å². The summed E-state index contributed by atoms with van der Waals surface area (Å²) in [6.07, 6.45) is 0.450. The zero-order valence-electron chi connectivity index (χ0n) is 9.54. The summed E-state index contributed by atoms with van der Waals surface area (Å²) in [5.41, 5.74) is 6.36. The molecule has 1 rings (SSSR count). The van der Waals surface area contributed by atoms with Gasteiger partial charge in [-0.2, -0.15) is 11.8 Å². The lowest BCUT2D eigenvalue weighted by molar-refractivity contribution is 0.565. The Morgan fingerprint density at radius 2 is 2.00 bits per heavy atom. The summed E-state index contributed by atoms with van der Waals surface area (Å²) in [6, 6.07) is 3.54. The Bertz CT molecular complexity index is 342. The second-order valence-corrected chi connectivity index (χ2v) is 5.69. The maximum atomic E-state index is 13.3. The molecule has 2 N–H and O–H groups in total. The fourth-order valence-electron chi connectivity index (χ4n) is 1.34. The Morgan fingerprint density at radius 3 is 2.56 bits per heavy atom. The van der Waals surface area contributed by atoms with Crippen molar-refractivity contribution in [1.29, 1.82) is 0 Å². The summed E-state index contributed by atoms with van der Waals surface area (Å²) < 4.78 is 26.0. The standard InChI is InChI=1S/C12H17F2NS/c1-8(2)16-7-11(15)5-9-3-4-10(13)6-12(9)14/h3-4,6,8,11H,5,7,15H2,1-2H3. The maximum absolute atomic E-state index is 13.3. The molecule has 0 amide bonds. The zero-order chi connectivity index (χ0) is 12.1. The van der Waals surface area contributed by atoms with Gasteiger partial charge in [-0.1, -0.05) is 19.9 Å². The second kappa shape index (κ2) is 6.21. The average molecular weight is 245 g/mol. The predicted octanol–water partition coefficient (Wildman–Crippen LogP) is 2.98. The first-order valence-electron chi connectivity index (χ1n) is 5.30. The van der Waals surface area contributed by atoms with Gasteiger partial charge in [0.1, 0.15) is 11.6 Å². The van der Waals surface area contributed by atoms with Crippen molar-refractivity contribution in [3.8, 4) is 0 Å². The van der Waals surface area contributed by atoms with E-state index in [9.17, 15) is 8.78 Å². The molecule has 4 heteroatoms. The Labute approximate surface area is 99.4 Å². The third kappa shape index (κ3) is 4.49. The van der Waals surface area contributed by atoms with Crippen molar-refractivity contribution < 1.29 is 8.78 Å². The molecule has 1 aromatic rings. The van der Waals surface area contributed by atoms with Crippen molar-refractivity contribution in [1.82, 2.24) is 0 Å². The smallest absolute Gasteiger partial charge is 0.129 e. The molecule has 0 bridgehead atoms. The molecule has 0 aliphatic rings. The third-order valence-corrected chi connectivity index (χ3v) is 3.43. The first kappa shape index (κ1) is 13.5. The van der Waals surface area contributed by atoms with Crippen molar-refractivity contribution >= 4 is 11.8 Å². The highest BCUT2D eigenvalue weighted by atomic mass is 32.2. The van der Waals surface area contributed by atoms with Crippen molar-refractivity contribution in [3.63, 3.8) is 0 Å². The van der Waals surface area contributed by atoms with Gasteiger partial charge in [-0.15, -0.1) is 0 Å². The zero-order valence-corrected chi connectivity index (χ0v) is 10.4. The number of hydrogen-bond acceptors (Lipinski definition) is 2. The molecule has 1 nitrogen and oxygen atoms in total. The molecule has 0 saturated heterocycles. The Balaban J connectivity index is 2.52. The Hall–Kier alpha value is -0.610. The summed E-state index contributed by atoms with van der Waals surface area (Å²) in [5, 5.41) is 0.518. The third-order valence-electron chi connectivity index (χ3n) is 2.14. The first-order chi connectivity index (χ1) is 7.49. The van der Waals surface area contributed by atoms with Crippen LogP contribution in [0.15, 0.2) is 18.2 Å². The molecular weight excluding hydrogens is 228 g/mol. The molecule has 0 heterocycles. The van der Waals surface area contributed by atoms with Crippen molar-refractivity contribution in [2.75, 3.05) is 5.75 Å². The van der Waals surface area contributed by atoms with Gasteiger partial charge in [0.25, 0.3) is 0 Å².